The maximum Gasteiger partial charge on any atom is 0.0401 e. The standard InChI is InChI=1S/C13H8N2.2Y/c1-2-6-11(7-3-1)15-10-14-12-8-4-5-9-13(12)15;;/h1-6,8-9H;;/q-2;;. The topological polar surface area (TPSA) is 17.8 Å². The van der Waals surface area contributed by atoms with Gasteiger partial charge in [0.05, 0.1) is 0 Å². The van der Waals surface area contributed by atoms with E-state index < -0.39 is 0 Å². The summed E-state index contributed by atoms with van der Waals surface area (Å²) in [5.74, 6) is 0. The number of rotatable bonds is 1. The quantitative estimate of drug-likeness (QED) is 0.603. The molecule has 2 nitrogen and oxygen atoms in total. The van der Waals surface area contributed by atoms with E-state index in [1.54, 1.807) is 0 Å². The average Bonchev–Trinajstić information content (AvgIpc) is 2.74. The van der Waals surface area contributed by atoms with Crippen LogP contribution in [0.15, 0.2) is 48.5 Å². The molecule has 0 atom stereocenters. The summed E-state index contributed by atoms with van der Waals surface area (Å²) in [6.45, 7) is 0. The molecular weight excluding hydrogens is 362 g/mol. The van der Waals surface area contributed by atoms with Crippen molar-refractivity contribution in [2.75, 3.05) is 0 Å². The molecule has 2 aromatic carbocycles. The van der Waals surface area contributed by atoms with Gasteiger partial charge in [0.1, 0.15) is 0 Å². The second kappa shape index (κ2) is 6.89. The Balaban J connectivity index is 0.000000722. The molecule has 0 unspecified atom stereocenters. The van der Waals surface area contributed by atoms with Gasteiger partial charge in [-0.2, -0.15) is 30.0 Å². The van der Waals surface area contributed by atoms with Crippen LogP contribution in [0.4, 0.5) is 0 Å². The second-order valence-corrected chi connectivity index (χ2v) is 3.28. The van der Waals surface area contributed by atoms with Crippen molar-refractivity contribution in [1.82, 2.24) is 9.55 Å². The smallest absolute Gasteiger partial charge is 0.0401 e. The van der Waals surface area contributed by atoms with Gasteiger partial charge in [0, 0.05) is 71.7 Å². The Hall–Kier alpha value is 0.118. The van der Waals surface area contributed by atoms with Crippen molar-refractivity contribution in [2.24, 2.45) is 0 Å². The molecule has 0 amide bonds. The van der Waals surface area contributed by atoms with Crippen molar-refractivity contribution in [1.29, 1.82) is 0 Å². The number of aromatic nitrogens is 2. The first-order chi connectivity index (χ1) is 7.45. The van der Waals surface area contributed by atoms with Crippen LogP contribution in [0, 0.1) is 12.4 Å². The van der Waals surface area contributed by atoms with Crippen molar-refractivity contribution < 1.29 is 65.4 Å². The van der Waals surface area contributed by atoms with E-state index in [-0.39, 0.29) is 65.4 Å². The van der Waals surface area contributed by atoms with Crippen LogP contribution in [0.2, 0.25) is 0 Å². The van der Waals surface area contributed by atoms with Crippen LogP contribution < -0.4 is 0 Å². The fraction of sp³-hybridized carbons (Fsp3) is 0. The van der Waals surface area contributed by atoms with E-state index >= 15 is 0 Å². The zero-order chi connectivity index (χ0) is 10.1. The maximum absolute atomic E-state index is 4.21. The predicted molar refractivity (Wildman–Crippen MR) is 58.7 cm³/mol. The van der Waals surface area contributed by atoms with Gasteiger partial charge in [0.15, 0.2) is 0 Å². The molecular formula is C13H8N2Y2-2. The summed E-state index contributed by atoms with van der Waals surface area (Å²) >= 11 is 0. The SMILES string of the molecule is [Y].[Y].[c-]1ccccc1-n1[c-]nc2ccccc21. The number of para-hydroxylation sites is 3. The molecule has 3 rings (SSSR count). The van der Waals surface area contributed by atoms with Gasteiger partial charge in [-0.05, 0) is 5.52 Å². The minimum Gasteiger partial charge on any atom is -0.448 e. The molecule has 4 heteroatoms. The Morgan fingerprint density at radius 2 is 1.71 bits per heavy atom. The van der Waals surface area contributed by atoms with Gasteiger partial charge in [-0.3, -0.25) is 0 Å². The Bertz CT molecular complexity index is 590. The van der Waals surface area contributed by atoms with Crippen LogP contribution in [0.1, 0.15) is 0 Å². The molecule has 0 N–H and O–H groups in total. The number of nitrogens with zero attached hydrogens (tertiary/aromatic N) is 2. The Morgan fingerprint density at radius 3 is 2.47 bits per heavy atom. The minimum absolute atomic E-state index is 0. The molecule has 78 valence electrons. The van der Waals surface area contributed by atoms with E-state index in [1.807, 2.05) is 53.1 Å². The van der Waals surface area contributed by atoms with Crippen LogP contribution in [-0.2, 0) is 65.4 Å². The van der Waals surface area contributed by atoms with Crippen molar-refractivity contribution >= 4 is 11.0 Å². The molecule has 0 aliphatic rings. The van der Waals surface area contributed by atoms with Crippen LogP contribution in [0.5, 0.6) is 0 Å². The first kappa shape index (κ1) is 15.2. The Morgan fingerprint density at radius 1 is 0.941 bits per heavy atom. The molecule has 3 aromatic rings. The Labute approximate surface area is 151 Å². The van der Waals surface area contributed by atoms with E-state index in [4.69, 9.17) is 0 Å². The predicted octanol–water partition coefficient (Wildman–Crippen LogP) is 2.62. The molecule has 1 aromatic heterocycles. The third-order valence-corrected chi connectivity index (χ3v) is 2.33. The minimum atomic E-state index is 0. The number of benzene rings is 2. The zero-order valence-corrected chi connectivity index (χ0v) is 14.8. The fourth-order valence-corrected chi connectivity index (χ4v) is 1.61. The van der Waals surface area contributed by atoms with E-state index in [1.165, 1.54) is 0 Å². The normalized spacial score (nSPS) is 9.41. The summed E-state index contributed by atoms with van der Waals surface area (Å²) in [7, 11) is 0. The molecule has 0 saturated carbocycles. The monoisotopic (exact) mass is 370 g/mol. The molecule has 2 radical (unpaired) electrons. The molecule has 0 aliphatic carbocycles. The van der Waals surface area contributed by atoms with Gasteiger partial charge in [-0.1, -0.05) is 29.8 Å². The van der Waals surface area contributed by atoms with Gasteiger partial charge < -0.3 is 9.55 Å². The Kier molecular flexibility index (Phi) is 6.15. The van der Waals surface area contributed by atoms with E-state index in [2.05, 4.69) is 17.4 Å². The van der Waals surface area contributed by atoms with Crippen LogP contribution in [0.25, 0.3) is 16.7 Å². The van der Waals surface area contributed by atoms with Gasteiger partial charge in [0.2, 0.25) is 0 Å². The fourth-order valence-electron chi connectivity index (χ4n) is 1.61. The van der Waals surface area contributed by atoms with Crippen LogP contribution in [0.3, 0.4) is 0 Å². The molecule has 0 spiro atoms. The third kappa shape index (κ3) is 3.11. The first-order valence-corrected chi connectivity index (χ1v) is 4.77. The van der Waals surface area contributed by atoms with Gasteiger partial charge in [-0.15, -0.1) is 0 Å². The van der Waals surface area contributed by atoms with Gasteiger partial charge in [0.25, 0.3) is 0 Å². The van der Waals surface area contributed by atoms with E-state index in [0.717, 1.165) is 16.7 Å². The molecule has 17 heavy (non-hydrogen) atoms. The van der Waals surface area contributed by atoms with Crippen molar-refractivity contribution in [3.05, 3.63) is 60.9 Å². The number of imidazole rings is 1. The molecule has 0 aliphatic heterocycles. The molecule has 0 saturated heterocycles. The van der Waals surface area contributed by atoms with Crippen LogP contribution >= 0.6 is 0 Å². The summed E-state index contributed by atoms with van der Waals surface area (Å²) in [6, 6.07) is 18.9. The third-order valence-electron chi connectivity index (χ3n) is 2.33. The van der Waals surface area contributed by atoms with Crippen molar-refractivity contribution in [3.63, 3.8) is 0 Å². The maximum atomic E-state index is 4.21. The second-order valence-electron chi connectivity index (χ2n) is 3.28. The summed E-state index contributed by atoms with van der Waals surface area (Å²) in [5, 5.41) is 0. The summed E-state index contributed by atoms with van der Waals surface area (Å²) in [6.07, 6.45) is 2.97. The van der Waals surface area contributed by atoms with E-state index in [9.17, 15) is 0 Å². The van der Waals surface area contributed by atoms with Crippen molar-refractivity contribution in [3.8, 4) is 5.69 Å². The van der Waals surface area contributed by atoms with Gasteiger partial charge in [-0.25, -0.2) is 6.07 Å². The summed E-state index contributed by atoms with van der Waals surface area (Å²) < 4.78 is 1.91. The van der Waals surface area contributed by atoms with Crippen LogP contribution in [-0.4, -0.2) is 9.55 Å². The first-order valence-electron chi connectivity index (χ1n) is 4.77. The van der Waals surface area contributed by atoms with E-state index in [0.29, 0.717) is 0 Å². The molecule has 0 bridgehead atoms. The summed E-state index contributed by atoms with van der Waals surface area (Å²) in [5.41, 5.74) is 2.97. The molecule has 1 heterocycles. The zero-order valence-electron chi connectivity index (χ0n) is 9.17. The molecule has 0 fully saturated rings. The largest absolute Gasteiger partial charge is 0.448 e. The van der Waals surface area contributed by atoms with Crippen molar-refractivity contribution in [2.45, 2.75) is 0 Å². The summed E-state index contributed by atoms with van der Waals surface area (Å²) in [4.78, 5) is 4.21. The number of hydrogen-bond acceptors (Lipinski definition) is 1. The average molecular weight is 370 g/mol. The number of fused-ring (bicyclic) bond motifs is 1. The number of hydrogen-bond donors (Lipinski definition) is 0. The van der Waals surface area contributed by atoms with Gasteiger partial charge >= 0.3 is 0 Å².